The Kier molecular flexibility index (Phi) is 5.45. The van der Waals surface area contributed by atoms with E-state index in [1.165, 1.54) is 4.90 Å². The first-order chi connectivity index (χ1) is 14.6. The highest BCUT2D eigenvalue weighted by molar-refractivity contribution is 7.91. The van der Waals surface area contributed by atoms with Crippen LogP contribution in [0.4, 0.5) is 5.69 Å². The first kappa shape index (κ1) is 21.6. The zero-order valence-electron chi connectivity index (χ0n) is 17.8. The fourth-order valence-electron chi connectivity index (χ4n) is 4.74. The van der Waals surface area contributed by atoms with Crippen molar-refractivity contribution in [3.63, 3.8) is 0 Å². The topological polar surface area (TPSA) is 116 Å². The molecule has 1 spiro atoms. The van der Waals surface area contributed by atoms with Gasteiger partial charge < -0.3 is 20.4 Å². The number of para-hydroxylation sites is 1. The minimum absolute atomic E-state index is 0.0334. The predicted octanol–water partition coefficient (Wildman–Crippen LogP) is 0.585. The van der Waals surface area contributed by atoms with Crippen molar-refractivity contribution in [1.82, 2.24) is 15.1 Å². The molecule has 0 bridgehead atoms. The van der Waals surface area contributed by atoms with E-state index in [-0.39, 0.29) is 41.7 Å². The second-order valence-electron chi connectivity index (χ2n) is 8.73. The third kappa shape index (κ3) is 4.13. The van der Waals surface area contributed by atoms with Gasteiger partial charge in [-0.05, 0) is 31.9 Å². The standard InChI is InChI=1S/C21H28N4O5S/c1-14(20(28)24(2)15-8-12-31(29,30)13-15)25-11-10-21(9-7-18(25)26)22-17-6-4-3-5-16(17)19(27)23-21/h3-6,14-15,22H,7-13H2,1-2H3,(H,23,27)/t14-,15-,21-/m1/s1. The molecule has 3 atom stereocenters. The number of carbonyl (C=O) groups is 3. The third-order valence-corrected chi connectivity index (χ3v) is 8.44. The summed E-state index contributed by atoms with van der Waals surface area (Å²) in [4.78, 5) is 41.5. The molecule has 0 aromatic heterocycles. The van der Waals surface area contributed by atoms with Crippen molar-refractivity contribution in [2.75, 3.05) is 30.4 Å². The summed E-state index contributed by atoms with van der Waals surface area (Å²) < 4.78 is 23.6. The molecule has 3 aliphatic heterocycles. The normalized spacial score (nSPS) is 28.3. The molecule has 2 fully saturated rings. The molecule has 31 heavy (non-hydrogen) atoms. The summed E-state index contributed by atoms with van der Waals surface area (Å²) in [5.41, 5.74) is 0.556. The molecule has 4 rings (SSSR count). The van der Waals surface area contributed by atoms with Gasteiger partial charge in [-0.15, -0.1) is 0 Å². The molecule has 1 aromatic rings. The fraction of sp³-hybridized carbons (Fsp3) is 0.571. The number of likely N-dealkylation sites (tertiary alicyclic amines) is 1. The highest BCUT2D eigenvalue weighted by atomic mass is 32.2. The molecular formula is C21H28N4O5S. The highest BCUT2D eigenvalue weighted by Crippen LogP contribution is 2.32. The van der Waals surface area contributed by atoms with E-state index in [0.29, 0.717) is 31.4 Å². The first-order valence-corrected chi connectivity index (χ1v) is 12.4. The lowest BCUT2D eigenvalue weighted by Gasteiger charge is -2.40. The third-order valence-electron chi connectivity index (χ3n) is 6.69. The summed E-state index contributed by atoms with van der Waals surface area (Å²) >= 11 is 0. The van der Waals surface area contributed by atoms with Gasteiger partial charge in [0.15, 0.2) is 9.84 Å². The molecule has 2 saturated heterocycles. The number of rotatable bonds is 3. The SMILES string of the molecule is C[C@H](C(=O)N(C)[C@@H]1CCS(=O)(=O)C1)N1CC[C@@]2(CCC1=O)NC(=O)c1ccccc1N2. The molecule has 0 saturated carbocycles. The average molecular weight is 449 g/mol. The fourth-order valence-corrected chi connectivity index (χ4v) is 6.51. The van der Waals surface area contributed by atoms with Gasteiger partial charge in [-0.25, -0.2) is 8.42 Å². The van der Waals surface area contributed by atoms with Gasteiger partial charge in [0.2, 0.25) is 11.8 Å². The van der Waals surface area contributed by atoms with E-state index >= 15 is 0 Å². The Hall–Kier alpha value is -2.62. The second kappa shape index (κ2) is 7.81. The van der Waals surface area contributed by atoms with Crippen molar-refractivity contribution in [2.24, 2.45) is 0 Å². The number of likely N-dealkylation sites (N-methyl/N-ethyl adjacent to an activating group) is 1. The van der Waals surface area contributed by atoms with Crippen molar-refractivity contribution in [2.45, 2.75) is 50.4 Å². The van der Waals surface area contributed by atoms with Crippen LogP contribution in [0.5, 0.6) is 0 Å². The lowest BCUT2D eigenvalue weighted by atomic mass is 9.95. The molecular weight excluding hydrogens is 420 g/mol. The summed E-state index contributed by atoms with van der Waals surface area (Å²) in [5.74, 6) is -0.546. The molecule has 0 aliphatic carbocycles. The van der Waals surface area contributed by atoms with E-state index in [1.807, 2.05) is 12.1 Å². The average Bonchev–Trinajstić information content (AvgIpc) is 3.03. The predicted molar refractivity (Wildman–Crippen MR) is 115 cm³/mol. The Bertz CT molecular complexity index is 1030. The number of nitrogens with zero attached hydrogens (tertiary/aromatic N) is 2. The van der Waals surface area contributed by atoms with Gasteiger partial charge in [-0.2, -0.15) is 0 Å². The van der Waals surface area contributed by atoms with Crippen LogP contribution in [0, 0.1) is 0 Å². The first-order valence-electron chi connectivity index (χ1n) is 10.6. The Morgan fingerprint density at radius 1 is 1.23 bits per heavy atom. The van der Waals surface area contributed by atoms with E-state index in [1.54, 1.807) is 31.0 Å². The molecule has 1 aromatic carbocycles. The summed E-state index contributed by atoms with van der Waals surface area (Å²) in [6.45, 7) is 1.98. The van der Waals surface area contributed by atoms with E-state index in [2.05, 4.69) is 10.6 Å². The zero-order chi connectivity index (χ0) is 22.4. The van der Waals surface area contributed by atoms with Crippen molar-refractivity contribution >= 4 is 33.2 Å². The molecule has 3 heterocycles. The number of hydrogen-bond donors (Lipinski definition) is 2. The lowest BCUT2D eigenvalue weighted by molar-refractivity contribution is -0.145. The van der Waals surface area contributed by atoms with Gasteiger partial charge in [0.05, 0.1) is 17.1 Å². The van der Waals surface area contributed by atoms with Crippen molar-refractivity contribution in [1.29, 1.82) is 0 Å². The van der Waals surface area contributed by atoms with Crippen LogP contribution in [0.1, 0.15) is 43.0 Å². The van der Waals surface area contributed by atoms with Crippen LogP contribution in [0.25, 0.3) is 0 Å². The molecule has 3 aliphatic rings. The van der Waals surface area contributed by atoms with Crippen LogP contribution in [-0.2, 0) is 19.4 Å². The van der Waals surface area contributed by atoms with Crippen LogP contribution in [0.15, 0.2) is 24.3 Å². The Balaban J connectivity index is 1.47. The number of carbonyl (C=O) groups excluding carboxylic acids is 3. The molecule has 0 radical (unpaired) electrons. The molecule has 9 nitrogen and oxygen atoms in total. The summed E-state index contributed by atoms with van der Waals surface area (Å²) in [7, 11) is -1.51. The maximum Gasteiger partial charge on any atom is 0.255 e. The van der Waals surface area contributed by atoms with Gasteiger partial charge in [-0.1, -0.05) is 12.1 Å². The van der Waals surface area contributed by atoms with Crippen LogP contribution < -0.4 is 10.6 Å². The van der Waals surface area contributed by atoms with Gasteiger partial charge in [0.1, 0.15) is 11.7 Å². The maximum absolute atomic E-state index is 13.0. The molecule has 2 N–H and O–H groups in total. The lowest BCUT2D eigenvalue weighted by Crippen LogP contribution is -2.58. The number of amides is 3. The van der Waals surface area contributed by atoms with Gasteiger partial charge >= 0.3 is 0 Å². The van der Waals surface area contributed by atoms with Gasteiger partial charge in [-0.3, -0.25) is 14.4 Å². The smallest absolute Gasteiger partial charge is 0.255 e. The number of sulfone groups is 1. The molecule has 10 heteroatoms. The number of anilines is 1. The van der Waals surface area contributed by atoms with Crippen LogP contribution in [-0.4, -0.2) is 78.8 Å². The van der Waals surface area contributed by atoms with Crippen molar-refractivity contribution < 1.29 is 22.8 Å². The van der Waals surface area contributed by atoms with E-state index < -0.39 is 21.5 Å². The van der Waals surface area contributed by atoms with E-state index in [9.17, 15) is 22.8 Å². The minimum Gasteiger partial charge on any atom is -0.362 e. The summed E-state index contributed by atoms with van der Waals surface area (Å²) in [5, 5.41) is 6.42. The monoisotopic (exact) mass is 448 g/mol. The van der Waals surface area contributed by atoms with Crippen molar-refractivity contribution in [3.8, 4) is 0 Å². The number of benzene rings is 1. The van der Waals surface area contributed by atoms with Crippen molar-refractivity contribution in [3.05, 3.63) is 29.8 Å². The Labute approximate surface area is 182 Å². The van der Waals surface area contributed by atoms with E-state index in [4.69, 9.17) is 0 Å². The quantitative estimate of drug-likeness (QED) is 0.699. The zero-order valence-corrected chi connectivity index (χ0v) is 18.6. The molecule has 168 valence electrons. The maximum atomic E-state index is 13.0. The largest absolute Gasteiger partial charge is 0.362 e. The molecule has 0 unspecified atom stereocenters. The number of nitrogens with one attached hydrogen (secondary N) is 2. The summed E-state index contributed by atoms with van der Waals surface area (Å²) in [6, 6.07) is 6.18. The van der Waals surface area contributed by atoms with Crippen LogP contribution >= 0.6 is 0 Å². The minimum atomic E-state index is -3.11. The van der Waals surface area contributed by atoms with Gasteiger partial charge in [0.25, 0.3) is 5.91 Å². The highest BCUT2D eigenvalue weighted by Gasteiger charge is 2.43. The summed E-state index contributed by atoms with van der Waals surface area (Å²) in [6.07, 6.45) is 1.48. The number of fused-ring (bicyclic) bond motifs is 1. The van der Waals surface area contributed by atoms with Crippen LogP contribution in [0.3, 0.4) is 0 Å². The number of hydrogen-bond acceptors (Lipinski definition) is 6. The molecule has 3 amide bonds. The second-order valence-corrected chi connectivity index (χ2v) is 11.0. The Morgan fingerprint density at radius 3 is 2.68 bits per heavy atom. The van der Waals surface area contributed by atoms with E-state index in [0.717, 1.165) is 5.69 Å². The Morgan fingerprint density at radius 2 is 1.97 bits per heavy atom. The van der Waals surface area contributed by atoms with Gasteiger partial charge in [0, 0.05) is 38.2 Å². The van der Waals surface area contributed by atoms with Crippen LogP contribution in [0.2, 0.25) is 0 Å².